The Labute approximate surface area is 154 Å². The second-order valence-electron chi connectivity index (χ2n) is 6.34. The molecule has 1 amide bonds. The zero-order valence-corrected chi connectivity index (χ0v) is 15.2. The third kappa shape index (κ3) is 5.62. The largest absolute Gasteiger partial charge is 0.494 e. The summed E-state index contributed by atoms with van der Waals surface area (Å²) >= 11 is 0. The second kappa shape index (κ2) is 9.62. The number of piperidine rings is 1. The number of esters is 1. The zero-order valence-electron chi connectivity index (χ0n) is 15.2. The maximum Gasteiger partial charge on any atom is 0.349 e. The van der Waals surface area contributed by atoms with Gasteiger partial charge < -0.3 is 14.4 Å². The van der Waals surface area contributed by atoms with E-state index in [0.29, 0.717) is 36.9 Å². The molecule has 0 unspecified atom stereocenters. The molecule has 0 N–H and O–H groups in total. The van der Waals surface area contributed by atoms with Crippen molar-refractivity contribution in [1.82, 2.24) is 4.90 Å². The summed E-state index contributed by atoms with van der Waals surface area (Å²) in [6, 6.07) is 8.84. The molecule has 0 bridgehead atoms. The fourth-order valence-electron chi connectivity index (χ4n) is 2.84. The molecule has 6 heteroatoms. The van der Waals surface area contributed by atoms with Gasteiger partial charge in [0.1, 0.15) is 17.4 Å². The van der Waals surface area contributed by atoms with Gasteiger partial charge >= 0.3 is 5.97 Å². The molecule has 6 nitrogen and oxygen atoms in total. The average molecular weight is 356 g/mol. The molecule has 0 saturated carbocycles. The van der Waals surface area contributed by atoms with Gasteiger partial charge in [0.25, 0.3) is 5.91 Å². The first kappa shape index (κ1) is 19.5. The minimum atomic E-state index is -0.792. The summed E-state index contributed by atoms with van der Waals surface area (Å²) in [4.78, 5) is 26.0. The molecular formula is C20H24N2O4. The third-order valence-electron chi connectivity index (χ3n) is 4.18. The first-order valence-corrected chi connectivity index (χ1v) is 8.83. The number of nitriles is 1. The predicted octanol–water partition coefficient (Wildman–Crippen LogP) is 2.79. The first-order valence-electron chi connectivity index (χ1n) is 8.83. The molecule has 1 aromatic carbocycles. The van der Waals surface area contributed by atoms with E-state index in [4.69, 9.17) is 9.47 Å². The van der Waals surface area contributed by atoms with Crippen LogP contribution in [0.1, 0.15) is 32.3 Å². The standard InChI is InChI=1S/C20H24N2O4/c1-3-25-18-8-6-16(7-9-18)11-17(12-21)20(24)26-14-19(23)22-10-4-5-15(2)13-22/h6-9,11,15H,3-5,10,13-14H2,1-2H3/b17-11+/t15-/m0/s1. The minimum Gasteiger partial charge on any atom is -0.494 e. The van der Waals surface area contributed by atoms with Gasteiger partial charge in [-0.25, -0.2) is 4.79 Å². The van der Waals surface area contributed by atoms with Crippen LogP contribution in [0.5, 0.6) is 5.75 Å². The molecule has 1 fully saturated rings. The van der Waals surface area contributed by atoms with Crippen LogP contribution in [0.2, 0.25) is 0 Å². The van der Waals surface area contributed by atoms with E-state index in [2.05, 4.69) is 6.92 Å². The van der Waals surface area contributed by atoms with E-state index in [1.165, 1.54) is 6.08 Å². The smallest absolute Gasteiger partial charge is 0.349 e. The summed E-state index contributed by atoms with van der Waals surface area (Å²) in [6.07, 6.45) is 3.50. The van der Waals surface area contributed by atoms with E-state index in [9.17, 15) is 14.9 Å². The molecule has 0 aliphatic carbocycles. The minimum absolute atomic E-state index is 0.144. The highest BCUT2D eigenvalue weighted by molar-refractivity contribution is 5.98. The van der Waals surface area contributed by atoms with Crippen LogP contribution in [0, 0.1) is 17.2 Å². The Morgan fingerprint density at radius 2 is 2.08 bits per heavy atom. The van der Waals surface area contributed by atoms with Crippen LogP contribution in [0.3, 0.4) is 0 Å². The predicted molar refractivity (Wildman–Crippen MR) is 97.1 cm³/mol. The van der Waals surface area contributed by atoms with Crippen LogP contribution < -0.4 is 4.74 Å². The number of hydrogen-bond donors (Lipinski definition) is 0. The van der Waals surface area contributed by atoms with Crippen LogP contribution in [-0.2, 0) is 14.3 Å². The Balaban J connectivity index is 1.93. The van der Waals surface area contributed by atoms with Crippen LogP contribution in [0.15, 0.2) is 29.8 Å². The number of nitrogens with zero attached hydrogens (tertiary/aromatic N) is 2. The molecular weight excluding hydrogens is 332 g/mol. The molecule has 1 atom stereocenters. The Bertz CT molecular complexity index is 704. The lowest BCUT2D eigenvalue weighted by Crippen LogP contribution is -2.41. The van der Waals surface area contributed by atoms with Gasteiger partial charge in [0, 0.05) is 13.1 Å². The van der Waals surface area contributed by atoms with Crippen molar-refractivity contribution in [1.29, 1.82) is 5.26 Å². The van der Waals surface area contributed by atoms with Crippen molar-refractivity contribution in [2.45, 2.75) is 26.7 Å². The summed E-state index contributed by atoms with van der Waals surface area (Å²) in [7, 11) is 0. The summed E-state index contributed by atoms with van der Waals surface area (Å²) in [5, 5.41) is 9.21. The Kier molecular flexibility index (Phi) is 7.22. The topological polar surface area (TPSA) is 79.6 Å². The fraction of sp³-hybridized carbons (Fsp3) is 0.450. The Morgan fingerprint density at radius 1 is 1.35 bits per heavy atom. The molecule has 1 aliphatic heterocycles. The van der Waals surface area contributed by atoms with E-state index in [-0.39, 0.29) is 18.1 Å². The van der Waals surface area contributed by atoms with E-state index in [1.54, 1.807) is 29.2 Å². The lowest BCUT2D eigenvalue weighted by atomic mass is 10.0. The van der Waals surface area contributed by atoms with Crippen molar-refractivity contribution >= 4 is 18.0 Å². The fourth-order valence-corrected chi connectivity index (χ4v) is 2.84. The van der Waals surface area contributed by atoms with Gasteiger partial charge in [-0.2, -0.15) is 5.26 Å². The van der Waals surface area contributed by atoms with Gasteiger partial charge in [-0.15, -0.1) is 0 Å². The highest BCUT2D eigenvalue weighted by Crippen LogP contribution is 2.16. The van der Waals surface area contributed by atoms with E-state index in [0.717, 1.165) is 12.8 Å². The van der Waals surface area contributed by atoms with Crippen molar-refractivity contribution in [2.75, 3.05) is 26.3 Å². The number of rotatable bonds is 6. The average Bonchev–Trinajstić information content (AvgIpc) is 2.65. The molecule has 138 valence electrons. The molecule has 0 aromatic heterocycles. The van der Waals surface area contributed by atoms with Crippen molar-refractivity contribution in [2.24, 2.45) is 5.92 Å². The van der Waals surface area contributed by atoms with Gasteiger partial charge in [-0.05, 0) is 49.5 Å². The third-order valence-corrected chi connectivity index (χ3v) is 4.18. The SMILES string of the molecule is CCOc1ccc(/C=C(\C#N)C(=O)OCC(=O)N2CCC[C@H](C)C2)cc1. The Hall–Kier alpha value is -2.81. The number of likely N-dealkylation sites (tertiary alicyclic amines) is 1. The zero-order chi connectivity index (χ0) is 18.9. The van der Waals surface area contributed by atoms with E-state index < -0.39 is 5.97 Å². The highest BCUT2D eigenvalue weighted by Gasteiger charge is 2.22. The van der Waals surface area contributed by atoms with Crippen molar-refractivity contribution in [3.63, 3.8) is 0 Å². The normalized spacial score (nSPS) is 17.3. The Morgan fingerprint density at radius 3 is 2.69 bits per heavy atom. The molecule has 0 radical (unpaired) electrons. The van der Waals surface area contributed by atoms with Gasteiger partial charge in [0.15, 0.2) is 6.61 Å². The molecule has 1 aromatic rings. The van der Waals surface area contributed by atoms with Gasteiger partial charge in [0.05, 0.1) is 6.61 Å². The maximum absolute atomic E-state index is 12.1. The number of benzene rings is 1. The number of hydrogen-bond acceptors (Lipinski definition) is 5. The number of amides is 1. The summed E-state index contributed by atoms with van der Waals surface area (Å²) in [5.74, 6) is 0.160. The molecule has 1 aliphatic rings. The quantitative estimate of drug-likeness (QED) is 0.445. The molecule has 1 heterocycles. The van der Waals surface area contributed by atoms with Crippen LogP contribution in [-0.4, -0.2) is 43.1 Å². The maximum atomic E-state index is 12.1. The number of ether oxygens (including phenoxy) is 2. The van der Waals surface area contributed by atoms with Gasteiger partial charge in [0.2, 0.25) is 0 Å². The molecule has 0 spiro atoms. The van der Waals surface area contributed by atoms with E-state index >= 15 is 0 Å². The second-order valence-corrected chi connectivity index (χ2v) is 6.34. The van der Waals surface area contributed by atoms with Gasteiger partial charge in [-0.1, -0.05) is 19.1 Å². The van der Waals surface area contributed by atoms with Crippen LogP contribution in [0.4, 0.5) is 0 Å². The summed E-state index contributed by atoms with van der Waals surface area (Å²) in [6.45, 7) is 5.59. The van der Waals surface area contributed by atoms with Crippen LogP contribution >= 0.6 is 0 Å². The first-order chi connectivity index (χ1) is 12.5. The molecule has 26 heavy (non-hydrogen) atoms. The highest BCUT2D eigenvalue weighted by atomic mass is 16.5. The molecule has 1 saturated heterocycles. The monoisotopic (exact) mass is 356 g/mol. The number of carbonyl (C=O) groups is 2. The van der Waals surface area contributed by atoms with Crippen molar-refractivity contribution in [3.05, 3.63) is 35.4 Å². The van der Waals surface area contributed by atoms with Gasteiger partial charge in [-0.3, -0.25) is 4.79 Å². The van der Waals surface area contributed by atoms with E-state index in [1.807, 2.05) is 13.0 Å². The summed E-state index contributed by atoms with van der Waals surface area (Å²) in [5.41, 5.74) is 0.534. The lowest BCUT2D eigenvalue weighted by Gasteiger charge is -2.30. The lowest BCUT2D eigenvalue weighted by molar-refractivity contribution is -0.149. The number of carbonyl (C=O) groups excluding carboxylic acids is 2. The van der Waals surface area contributed by atoms with Crippen molar-refractivity contribution < 1.29 is 19.1 Å². The van der Waals surface area contributed by atoms with Crippen LogP contribution in [0.25, 0.3) is 6.08 Å². The van der Waals surface area contributed by atoms with Crippen molar-refractivity contribution in [3.8, 4) is 11.8 Å². The molecule has 2 rings (SSSR count). The summed E-state index contributed by atoms with van der Waals surface area (Å²) < 4.78 is 10.4.